The molecule has 0 radical (unpaired) electrons. The number of hydrogen-bond acceptors (Lipinski definition) is 2. The van der Waals surface area contributed by atoms with Crippen LogP contribution in [0.2, 0.25) is 0 Å². The van der Waals surface area contributed by atoms with Gasteiger partial charge < -0.3 is 0 Å². The third kappa shape index (κ3) is 41.5. The van der Waals surface area contributed by atoms with Crippen LogP contribution in [0.4, 0.5) is 0 Å². The Hall–Kier alpha value is -0.160. The summed E-state index contributed by atoms with van der Waals surface area (Å²) in [7, 11) is 0. The Morgan fingerprint density at radius 3 is 1.67 bits per heavy atom. The average Bonchev–Trinajstić information content (AvgIpc) is 1.93. The van der Waals surface area contributed by atoms with Gasteiger partial charge in [-0.2, -0.15) is 5.26 Å². The lowest BCUT2D eigenvalue weighted by atomic mass is 9.91. The summed E-state index contributed by atoms with van der Waals surface area (Å²) in [5.74, 6) is 0.980. The highest BCUT2D eigenvalue weighted by molar-refractivity contribution is 8.03. The first-order chi connectivity index (χ1) is 6.56. The minimum Gasteiger partial charge on any atom is -0.185 e. The van der Waals surface area contributed by atoms with Crippen molar-refractivity contribution in [1.29, 1.82) is 5.26 Å². The molecule has 0 aliphatic rings. The summed E-state index contributed by atoms with van der Waals surface area (Å²) in [6, 6.07) is 0. The van der Waals surface area contributed by atoms with Gasteiger partial charge in [-0.3, -0.25) is 0 Å². The first kappa shape index (κ1) is 17.2. The van der Waals surface area contributed by atoms with E-state index < -0.39 is 0 Å². The molecule has 0 aromatic carbocycles. The fraction of sp³-hybridized carbons (Fsp3) is 0.923. The van der Waals surface area contributed by atoms with Crippen LogP contribution in [-0.4, -0.2) is 5.75 Å². The van der Waals surface area contributed by atoms with Crippen molar-refractivity contribution in [3.63, 3.8) is 0 Å². The maximum absolute atomic E-state index is 8.21. The third-order valence-electron chi connectivity index (χ3n) is 1.24. The van der Waals surface area contributed by atoms with E-state index in [0.717, 1.165) is 12.2 Å². The van der Waals surface area contributed by atoms with Gasteiger partial charge in [0.2, 0.25) is 0 Å². The van der Waals surface area contributed by atoms with E-state index in [2.05, 4.69) is 53.9 Å². The van der Waals surface area contributed by atoms with Gasteiger partial charge in [-0.05, 0) is 35.4 Å². The van der Waals surface area contributed by atoms with E-state index in [1.807, 2.05) is 0 Å². The number of rotatable bonds is 3. The standard InChI is InChI=1S/C8H15NS.C5H12/c1-8(2,3)5-4-6-10-7-9;1-5(2,3)4/h4-6H2,1-3H3;1-4H3. The van der Waals surface area contributed by atoms with Gasteiger partial charge in [0.15, 0.2) is 0 Å². The zero-order chi connectivity index (χ0) is 12.5. The SMILES string of the molecule is CC(C)(C)C.CC(C)(C)CCCSC#N. The molecule has 0 aliphatic heterocycles. The van der Waals surface area contributed by atoms with Crippen molar-refractivity contribution >= 4 is 11.8 Å². The number of nitrogens with zero attached hydrogens (tertiary/aromatic N) is 1. The zero-order valence-electron chi connectivity index (χ0n) is 11.5. The summed E-state index contributed by atoms with van der Waals surface area (Å²) in [4.78, 5) is 0. The summed E-state index contributed by atoms with van der Waals surface area (Å²) in [6.45, 7) is 15.4. The van der Waals surface area contributed by atoms with E-state index in [1.54, 1.807) is 0 Å². The molecule has 0 rings (SSSR count). The molecule has 15 heavy (non-hydrogen) atoms. The van der Waals surface area contributed by atoms with Crippen LogP contribution in [-0.2, 0) is 0 Å². The van der Waals surface area contributed by atoms with Gasteiger partial charge in [0.25, 0.3) is 0 Å². The molecule has 0 saturated carbocycles. The molecular weight excluding hydrogens is 202 g/mol. The molecule has 90 valence electrons. The van der Waals surface area contributed by atoms with Gasteiger partial charge in [-0.1, -0.05) is 48.5 Å². The van der Waals surface area contributed by atoms with Crippen LogP contribution in [0.3, 0.4) is 0 Å². The van der Waals surface area contributed by atoms with Crippen LogP contribution in [0.15, 0.2) is 0 Å². The first-order valence-electron chi connectivity index (χ1n) is 5.57. The van der Waals surface area contributed by atoms with Gasteiger partial charge >= 0.3 is 0 Å². The van der Waals surface area contributed by atoms with Crippen molar-refractivity contribution < 1.29 is 0 Å². The number of thiocyanates is 1. The number of hydrogen-bond donors (Lipinski definition) is 0. The first-order valence-corrected chi connectivity index (χ1v) is 6.56. The summed E-state index contributed by atoms with van der Waals surface area (Å²) >= 11 is 1.35. The van der Waals surface area contributed by atoms with E-state index >= 15 is 0 Å². The third-order valence-corrected chi connectivity index (χ3v) is 1.86. The number of thioether (sulfide) groups is 1. The summed E-state index contributed by atoms with van der Waals surface area (Å²) in [5, 5.41) is 10.3. The fourth-order valence-electron chi connectivity index (χ4n) is 0.720. The van der Waals surface area contributed by atoms with Crippen LogP contribution in [0.5, 0.6) is 0 Å². The lowest BCUT2D eigenvalue weighted by Gasteiger charge is -2.16. The van der Waals surface area contributed by atoms with Crippen molar-refractivity contribution in [1.82, 2.24) is 0 Å². The Morgan fingerprint density at radius 1 is 1.00 bits per heavy atom. The van der Waals surface area contributed by atoms with Crippen LogP contribution in [0.25, 0.3) is 0 Å². The van der Waals surface area contributed by atoms with Gasteiger partial charge in [0.05, 0.1) is 0 Å². The highest BCUT2D eigenvalue weighted by atomic mass is 32.2. The molecule has 0 saturated heterocycles. The quantitative estimate of drug-likeness (QED) is 0.498. The second-order valence-electron chi connectivity index (χ2n) is 6.60. The van der Waals surface area contributed by atoms with E-state index in [-0.39, 0.29) is 0 Å². The summed E-state index contributed by atoms with van der Waals surface area (Å²) < 4.78 is 0. The second-order valence-corrected chi connectivity index (χ2v) is 7.48. The molecule has 0 amide bonds. The van der Waals surface area contributed by atoms with Crippen molar-refractivity contribution in [3.8, 4) is 5.40 Å². The molecule has 0 aromatic rings. The van der Waals surface area contributed by atoms with Crippen molar-refractivity contribution in [2.75, 3.05) is 5.75 Å². The molecule has 0 heterocycles. The molecule has 0 spiro atoms. The monoisotopic (exact) mass is 229 g/mol. The Bertz CT molecular complexity index is 172. The second kappa shape index (κ2) is 8.05. The Kier molecular flexibility index (Phi) is 9.25. The largest absolute Gasteiger partial charge is 0.185 e. The molecule has 2 heteroatoms. The highest BCUT2D eigenvalue weighted by Crippen LogP contribution is 2.21. The maximum atomic E-state index is 8.21. The summed E-state index contributed by atoms with van der Waals surface area (Å²) in [5.41, 5.74) is 0.927. The lowest BCUT2D eigenvalue weighted by Crippen LogP contribution is -2.04. The molecule has 0 aliphatic carbocycles. The number of nitriles is 1. The smallest absolute Gasteiger partial charge is 0.133 e. The maximum Gasteiger partial charge on any atom is 0.133 e. The van der Waals surface area contributed by atoms with Gasteiger partial charge in [-0.25, -0.2) is 0 Å². The van der Waals surface area contributed by atoms with Gasteiger partial charge in [0, 0.05) is 5.75 Å². The minimum absolute atomic E-state index is 0.427. The Morgan fingerprint density at radius 2 is 1.40 bits per heavy atom. The average molecular weight is 229 g/mol. The zero-order valence-corrected chi connectivity index (χ0v) is 12.3. The Balaban J connectivity index is 0. The van der Waals surface area contributed by atoms with E-state index in [0.29, 0.717) is 10.8 Å². The van der Waals surface area contributed by atoms with Crippen molar-refractivity contribution in [2.24, 2.45) is 10.8 Å². The molecule has 0 atom stereocenters. The topological polar surface area (TPSA) is 23.8 Å². The lowest BCUT2D eigenvalue weighted by molar-refractivity contribution is 0.375. The summed E-state index contributed by atoms with van der Waals surface area (Å²) in [6.07, 6.45) is 2.36. The molecule has 0 fully saturated rings. The van der Waals surface area contributed by atoms with Crippen LogP contribution >= 0.6 is 11.8 Å². The van der Waals surface area contributed by atoms with Gasteiger partial charge in [0.1, 0.15) is 5.40 Å². The van der Waals surface area contributed by atoms with Crippen LogP contribution in [0.1, 0.15) is 61.3 Å². The van der Waals surface area contributed by atoms with E-state index in [1.165, 1.54) is 18.2 Å². The highest BCUT2D eigenvalue weighted by Gasteiger charge is 2.08. The van der Waals surface area contributed by atoms with E-state index in [4.69, 9.17) is 5.26 Å². The Labute approximate surface area is 101 Å². The molecule has 0 unspecified atom stereocenters. The molecule has 0 bridgehead atoms. The molecule has 0 aromatic heterocycles. The van der Waals surface area contributed by atoms with Crippen molar-refractivity contribution in [3.05, 3.63) is 0 Å². The predicted octanol–water partition coefficient (Wildman–Crippen LogP) is 5.08. The van der Waals surface area contributed by atoms with Gasteiger partial charge in [-0.15, -0.1) is 0 Å². The molecule has 1 nitrogen and oxygen atoms in total. The van der Waals surface area contributed by atoms with Crippen LogP contribution in [0, 0.1) is 21.5 Å². The normalized spacial score (nSPS) is 11.3. The molecular formula is C13H27NS. The fourth-order valence-corrected chi connectivity index (χ4v) is 1.10. The van der Waals surface area contributed by atoms with Crippen LogP contribution < -0.4 is 0 Å². The van der Waals surface area contributed by atoms with Crippen molar-refractivity contribution in [2.45, 2.75) is 61.3 Å². The minimum atomic E-state index is 0.427. The van der Waals surface area contributed by atoms with E-state index in [9.17, 15) is 0 Å². The molecule has 0 N–H and O–H groups in total. The predicted molar refractivity (Wildman–Crippen MR) is 71.9 cm³/mol.